The van der Waals surface area contributed by atoms with Crippen LogP contribution < -0.4 is 4.74 Å². The van der Waals surface area contributed by atoms with Crippen LogP contribution in [0.3, 0.4) is 0 Å². The molecule has 8 heteroatoms. The maximum Gasteiger partial charge on any atom is 0.420 e. The van der Waals surface area contributed by atoms with E-state index in [2.05, 4.69) is 6.92 Å². The molecule has 1 amide bonds. The van der Waals surface area contributed by atoms with Gasteiger partial charge in [0.15, 0.2) is 0 Å². The van der Waals surface area contributed by atoms with Gasteiger partial charge in [-0.05, 0) is 86.1 Å². The number of carboxylic acids is 1. The van der Waals surface area contributed by atoms with Crippen LogP contribution in [0.15, 0.2) is 30.3 Å². The minimum atomic E-state index is -4.57. The van der Waals surface area contributed by atoms with E-state index in [0.717, 1.165) is 44.9 Å². The number of hydrogen-bond acceptors (Lipinski definition) is 3. The topological polar surface area (TPSA) is 66.8 Å². The largest absolute Gasteiger partial charge is 0.490 e. The van der Waals surface area contributed by atoms with Crippen molar-refractivity contribution in [2.24, 2.45) is 11.8 Å². The number of halogens is 3. The lowest BCUT2D eigenvalue weighted by Gasteiger charge is -2.48. The van der Waals surface area contributed by atoms with Crippen molar-refractivity contribution in [3.63, 3.8) is 0 Å². The summed E-state index contributed by atoms with van der Waals surface area (Å²) in [6, 6.07) is 7.60. The Bertz CT molecular complexity index is 1160. The molecule has 2 heterocycles. The van der Waals surface area contributed by atoms with Crippen LogP contribution in [0.1, 0.15) is 75.8 Å². The van der Waals surface area contributed by atoms with Gasteiger partial charge in [-0.2, -0.15) is 13.2 Å². The van der Waals surface area contributed by atoms with E-state index in [9.17, 15) is 27.9 Å². The fourth-order valence-corrected chi connectivity index (χ4v) is 6.64. The smallest absolute Gasteiger partial charge is 0.420 e. The van der Waals surface area contributed by atoms with Gasteiger partial charge in [0.05, 0.1) is 18.4 Å². The number of piperidine rings is 2. The van der Waals surface area contributed by atoms with Gasteiger partial charge in [0.25, 0.3) is 0 Å². The van der Waals surface area contributed by atoms with E-state index in [1.54, 1.807) is 18.2 Å². The Balaban J connectivity index is 1.37. The molecule has 2 saturated heterocycles. The van der Waals surface area contributed by atoms with Crippen molar-refractivity contribution < 1.29 is 32.6 Å². The number of nitrogens with zero attached hydrogens (tertiary/aromatic N) is 1. The Hall–Kier alpha value is -2.77. The van der Waals surface area contributed by atoms with Crippen molar-refractivity contribution in [3.05, 3.63) is 41.5 Å². The molecule has 2 aromatic carbocycles. The highest BCUT2D eigenvalue weighted by molar-refractivity contribution is 5.90. The Kier molecular flexibility index (Phi) is 7.12. The lowest BCUT2D eigenvalue weighted by atomic mass is 9.78. The summed E-state index contributed by atoms with van der Waals surface area (Å²) in [6.45, 7) is 2.15. The van der Waals surface area contributed by atoms with E-state index in [0.29, 0.717) is 29.7 Å². The molecule has 2 aliphatic heterocycles. The van der Waals surface area contributed by atoms with Crippen molar-refractivity contribution in [2.45, 2.75) is 95.5 Å². The minimum absolute atomic E-state index is 0.0736. The van der Waals surface area contributed by atoms with Crippen LogP contribution >= 0.6 is 0 Å². The molecular weight excluding hydrogens is 483 g/mol. The first-order chi connectivity index (χ1) is 17.6. The molecule has 37 heavy (non-hydrogen) atoms. The molecule has 1 N–H and O–H groups in total. The average Bonchev–Trinajstić information content (AvgIpc) is 2.83. The van der Waals surface area contributed by atoms with Crippen molar-refractivity contribution in [2.75, 3.05) is 0 Å². The number of ether oxygens (including phenoxy) is 1. The first-order valence-electron chi connectivity index (χ1n) is 13.4. The minimum Gasteiger partial charge on any atom is -0.490 e. The summed E-state index contributed by atoms with van der Waals surface area (Å²) in [7, 11) is 0. The number of carbonyl (C=O) groups is 2. The number of hydrogen-bond donors (Lipinski definition) is 1. The monoisotopic (exact) mass is 517 g/mol. The molecule has 5 rings (SSSR count). The molecule has 3 aliphatic rings. The summed E-state index contributed by atoms with van der Waals surface area (Å²) in [6.07, 6.45) is 2.21. The number of alkyl halides is 3. The molecule has 2 aromatic rings. The van der Waals surface area contributed by atoms with Crippen LogP contribution in [0.4, 0.5) is 13.2 Å². The van der Waals surface area contributed by atoms with Gasteiger partial charge >= 0.3 is 12.1 Å². The number of fused-ring (bicyclic) bond motifs is 3. The molecule has 1 saturated carbocycles. The lowest BCUT2D eigenvalue weighted by Crippen LogP contribution is -2.56. The summed E-state index contributed by atoms with van der Waals surface area (Å²) in [5.41, 5.74) is -0.106. The third-order valence-corrected chi connectivity index (χ3v) is 8.55. The van der Waals surface area contributed by atoms with Gasteiger partial charge in [0.1, 0.15) is 11.3 Å². The van der Waals surface area contributed by atoms with Crippen molar-refractivity contribution in [1.82, 2.24) is 4.90 Å². The van der Waals surface area contributed by atoms with Gasteiger partial charge in [-0.1, -0.05) is 31.2 Å². The molecule has 2 atom stereocenters. The van der Waals surface area contributed by atoms with Crippen LogP contribution in [-0.4, -0.2) is 40.1 Å². The Morgan fingerprint density at radius 2 is 1.68 bits per heavy atom. The zero-order valence-electron chi connectivity index (χ0n) is 21.1. The van der Waals surface area contributed by atoms with Crippen molar-refractivity contribution >= 4 is 22.6 Å². The normalized spacial score (nSPS) is 28.2. The van der Waals surface area contributed by atoms with Crippen LogP contribution in [0.25, 0.3) is 10.8 Å². The predicted molar refractivity (Wildman–Crippen MR) is 133 cm³/mol. The average molecular weight is 518 g/mol. The molecule has 0 aromatic heterocycles. The molecule has 1 aliphatic carbocycles. The second kappa shape index (κ2) is 10.2. The van der Waals surface area contributed by atoms with Crippen LogP contribution in [-0.2, 0) is 22.2 Å². The standard InChI is InChI=1S/C29H34F3NO4/c1-17-5-9-23(10-6-17)37-25-12-8-19-13-18(7-11-24(19)27(25)29(30,31)32)14-26(34)33-21-3-2-4-22(33)16-20(15-21)28(35)36/h7-8,11-13,17,20-23H,2-6,9-10,14-16H2,1H3,(H,35,36)/t17-,20?,21?,22?,23+. The van der Waals surface area contributed by atoms with E-state index in [1.807, 2.05) is 4.90 Å². The quantitative estimate of drug-likeness (QED) is 0.485. The van der Waals surface area contributed by atoms with Gasteiger partial charge < -0.3 is 14.7 Å². The Morgan fingerprint density at radius 1 is 1.00 bits per heavy atom. The molecule has 0 spiro atoms. The maximum absolute atomic E-state index is 14.2. The number of carbonyl (C=O) groups excluding carboxylic acids is 1. The Morgan fingerprint density at radius 3 is 2.30 bits per heavy atom. The van der Waals surface area contributed by atoms with Gasteiger partial charge in [-0.3, -0.25) is 9.59 Å². The predicted octanol–water partition coefficient (Wildman–Crippen LogP) is 6.60. The first-order valence-corrected chi connectivity index (χ1v) is 13.4. The summed E-state index contributed by atoms with van der Waals surface area (Å²) < 4.78 is 48.4. The molecular formula is C29H34F3NO4. The third-order valence-electron chi connectivity index (χ3n) is 8.55. The van der Waals surface area contributed by atoms with E-state index >= 15 is 0 Å². The fourth-order valence-electron chi connectivity index (χ4n) is 6.64. The zero-order valence-corrected chi connectivity index (χ0v) is 21.1. The van der Waals surface area contributed by atoms with E-state index in [4.69, 9.17) is 4.74 Å². The molecule has 5 nitrogen and oxygen atoms in total. The highest BCUT2D eigenvalue weighted by Crippen LogP contribution is 2.43. The SMILES string of the molecule is C[C@H]1CC[C@@H](Oc2ccc3cc(CC(=O)N4C5CCCC4CC(C(=O)O)C5)ccc3c2C(F)(F)F)CC1. The second-order valence-electron chi connectivity index (χ2n) is 11.2. The van der Waals surface area contributed by atoms with Gasteiger partial charge in [0.2, 0.25) is 5.91 Å². The van der Waals surface area contributed by atoms with Crippen molar-refractivity contribution in [3.8, 4) is 5.75 Å². The number of benzene rings is 2. The second-order valence-corrected chi connectivity index (χ2v) is 11.2. The van der Waals surface area contributed by atoms with E-state index in [-0.39, 0.29) is 41.7 Å². The zero-order chi connectivity index (χ0) is 26.3. The molecule has 200 valence electrons. The first kappa shape index (κ1) is 25.9. The Labute approximate surface area is 215 Å². The number of aliphatic carboxylic acids is 1. The summed E-state index contributed by atoms with van der Waals surface area (Å²) in [5, 5.41) is 9.96. The molecule has 2 bridgehead atoms. The molecule has 0 radical (unpaired) electrons. The van der Waals surface area contributed by atoms with Gasteiger partial charge in [0, 0.05) is 12.1 Å². The van der Waals surface area contributed by atoms with Crippen molar-refractivity contribution in [1.29, 1.82) is 0 Å². The van der Waals surface area contributed by atoms with Crippen LogP contribution in [0.2, 0.25) is 0 Å². The van der Waals surface area contributed by atoms with E-state index in [1.165, 1.54) is 12.1 Å². The summed E-state index contributed by atoms with van der Waals surface area (Å²) in [5.74, 6) is -0.865. The lowest BCUT2D eigenvalue weighted by molar-refractivity contribution is -0.152. The highest BCUT2D eigenvalue weighted by atomic mass is 19.4. The van der Waals surface area contributed by atoms with Crippen LogP contribution in [0.5, 0.6) is 5.75 Å². The van der Waals surface area contributed by atoms with E-state index < -0.39 is 23.6 Å². The third kappa shape index (κ3) is 5.43. The summed E-state index contributed by atoms with van der Waals surface area (Å²) in [4.78, 5) is 26.7. The fraction of sp³-hybridized carbons (Fsp3) is 0.586. The number of carboxylic acid groups (broad SMARTS) is 1. The molecule has 2 unspecified atom stereocenters. The van der Waals surface area contributed by atoms with Gasteiger partial charge in [-0.15, -0.1) is 0 Å². The number of rotatable bonds is 5. The maximum atomic E-state index is 14.2. The summed E-state index contributed by atoms with van der Waals surface area (Å²) >= 11 is 0. The number of amides is 1. The molecule has 3 fully saturated rings. The van der Waals surface area contributed by atoms with Gasteiger partial charge in [-0.25, -0.2) is 0 Å². The van der Waals surface area contributed by atoms with Crippen LogP contribution in [0, 0.1) is 11.8 Å². The highest BCUT2D eigenvalue weighted by Gasteiger charge is 2.43.